The molecule has 8 nitrogen and oxygen atoms in total. The number of carbonyl (C=O) groups excluding carboxylic acids is 1. The summed E-state index contributed by atoms with van der Waals surface area (Å²) in [5, 5.41) is 0. The molecule has 2 atom stereocenters. The van der Waals surface area contributed by atoms with Gasteiger partial charge in [-0.15, -0.1) is 0 Å². The van der Waals surface area contributed by atoms with Gasteiger partial charge in [-0.25, -0.2) is 0 Å². The van der Waals surface area contributed by atoms with E-state index in [0.29, 0.717) is 24.1 Å². The third kappa shape index (κ3) is 29.0. The van der Waals surface area contributed by atoms with Crippen LogP contribution in [0.2, 0.25) is 0 Å². The lowest BCUT2D eigenvalue weighted by Gasteiger charge is -2.28. The van der Waals surface area contributed by atoms with Crippen molar-refractivity contribution in [2.45, 2.75) is 142 Å². The van der Waals surface area contributed by atoms with Crippen molar-refractivity contribution < 1.29 is 37.3 Å². The molecule has 2 unspecified atom stereocenters. The molecule has 0 aromatic carbocycles. The Morgan fingerprint density at radius 3 is 1.65 bits per heavy atom. The smallest absolute Gasteiger partial charge is 0.306 e. The van der Waals surface area contributed by atoms with Crippen molar-refractivity contribution in [3.05, 3.63) is 0 Å². The van der Waals surface area contributed by atoms with Crippen LogP contribution < -0.4 is 4.89 Å². The van der Waals surface area contributed by atoms with Crippen molar-refractivity contribution in [1.82, 2.24) is 0 Å². The highest BCUT2D eigenvalue weighted by atomic mass is 31.2. The topological polar surface area (TPSA) is 94.1 Å². The van der Waals surface area contributed by atoms with Crippen LogP contribution in [-0.2, 0) is 27.9 Å². The van der Waals surface area contributed by atoms with Gasteiger partial charge in [0.2, 0.25) is 0 Å². The summed E-state index contributed by atoms with van der Waals surface area (Å²) < 4.78 is 33.9. The number of ether oxygens (including phenoxy) is 2. The molecule has 0 radical (unpaired) electrons. The SMILES string of the molecule is CCCCCCCCCCCCCCCCCOCC(COP(=O)([O-])OCC[N+](C)(C)C)OC(=O)CCCCC. The van der Waals surface area contributed by atoms with Crippen LogP contribution in [0.3, 0.4) is 0 Å². The third-order valence-corrected chi connectivity index (χ3v) is 7.87. The van der Waals surface area contributed by atoms with Crippen molar-refractivity contribution in [1.29, 1.82) is 0 Å². The number of hydrogen-bond acceptors (Lipinski definition) is 7. The van der Waals surface area contributed by atoms with E-state index in [1.807, 2.05) is 21.1 Å². The van der Waals surface area contributed by atoms with E-state index >= 15 is 0 Å². The number of phosphoric acid groups is 1. The summed E-state index contributed by atoms with van der Waals surface area (Å²) in [6.45, 7) is 5.24. The highest BCUT2D eigenvalue weighted by Crippen LogP contribution is 2.38. The van der Waals surface area contributed by atoms with Crippen LogP contribution in [0.1, 0.15) is 136 Å². The molecular formula is C31H64NO7P. The van der Waals surface area contributed by atoms with Crippen LogP contribution in [0, 0.1) is 0 Å². The first-order chi connectivity index (χ1) is 19.1. The third-order valence-electron chi connectivity index (χ3n) is 6.91. The fourth-order valence-electron chi connectivity index (χ4n) is 4.31. The van der Waals surface area contributed by atoms with Gasteiger partial charge >= 0.3 is 5.97 Å². The Kier molecular flexibility index (Phi) is 25.8. The van der Waals surface area contributed by atoms with Crippen LogP contribution in [0.5, 0.6) is 0 Å². The Labute approximate surface area is 247 Å². The Morgan fingerprint density at radius 2 is 1.15 bits per heavy atom. The minimum atomic E-state index is -4.49. The van der Waals surface area contributed by atoms with Crippen molar-refractivity contribution in [2.24, 2.45) is 0 Å². The fraction of sp³-hybridized carbons (Fsp3) is 0.968. The van der Waals surface area contributed by atoms with E-state index in [9.17, 15) is 14.3 Å². The van der Waals surface area contributed by atoms with E-state index in [0.717, 1.165) is 32.1 Å². The van der Waals surface area contributed by atoms with Crippen molar-refractivity contribution in [3.8, 4) is 0 Å². The molecule has 0 fully saturated rings. The van der Waals surface area contributed by atoms with Gasteiger partial charge in [-0.1, -0.05) is 117 Å². The zero-order chi connectivity index (χ0) is 30.0. The number of phosphoric ester groups is 1. The number of nitrogens with zero attached hydrogens (tertiary/aromatic N) is 1. The van der Waals surface area contributed by atoms with Gasteiger partial charge in [0.1, 0.15) is 19.3 Å². The first kappa shape index (κ1) is 39.5. The highest BCUT2D eigenvalue weighted by molar-refractivity contribution is 7.45. The fourth-order valence-corrected chi connectivity index (χ4v) is 5.04. The molecule has 0 aliphatic rings. The lowest BCUT2D eigenvalue weighted by Crippen LogP contribution is -2.37. The van der Waals surface area contributed by atoms with Crippen molar-refractivity contribution in [3.63, 3.8) is 0 Å². The number of esters is 1. The number of quaternary nitrogens is 1. The maximum absolute atomic E-state index is 12.2. The zero-order valence-corrected chi connectivity index (χ0v) is 27.7. The molecule has 0 N–H and O–H groups in total. The summed E-state index contributed by atoms with van der Waals surface area (Å²) >= 11 is 0. The summed E-state index contributed by atoms with van der Waals surface area (Å²) in [7, 11) is 1.36. The van der Waals surface area contributed by atoms with Crippen LogP contribution >= 0.6 is 7.82 Å². The Bertz CT molecular complexity index is 627. The molecule has 0 aromatic heterocycles. The van der Waals surface area contributed by atoms with E-state index in [-0.39, 0.29) is 25.8 Å². The predicted octanol–water partition coefficient (Wildman–Crippen LogP) is 7.57. The number of rotatable bonds is 30. The van der Waals surface area contributed by atoms with E-state index in [1.54, 1.807) is 0 Å². The molecule has 0 rings (SSSR count). The van der Waals surface area contributed by atoms with Gasteiger partial charge in [0.25, 0.3) is 7.82 Å². The molecule has 0 aromatic rings. The van der Waals surface area contributed by atoms with Gasteiger partial charge in [-0.05, 0) is 12.8 Å². The van der Waals surface area contributed by atoms with E-state index in [2.05, 4.69) is 13.8 Å². The van der Waals surface area contributed by atoms with Gasteiger partial charge in [-0.2, -0.15) is 0 Å². The minimum absolute atomic E-state index is 0.0292. The standard InChI is InChI=1S/C31H64NO7P/c1-6-8-10-11-12-13-14-15-16-17-18-19-20-21-23-26-36-28-30(39-31(33)24-22-9-7-2)29-38-40(34,35)37-27-25-32(3,4)5/h30H,6-29H2,1-5H3. The minimum Gasteiger partial charge on any atom is -0.756 e. The summed E-state index contributed by atoms with van der Waals surface area (Å²) in [6, 6.07) is 0. The number of unbranched alkanes of at least 4 members (excludes halogenated alkanes) is 16. The average Bonchev–Trinajstić information content (AvgIpc) is 2.88. The van der Waals surface area contributed by atoms with Gasteiger partial charge in [0, 0.05) is 13.0 Å². The normalized spacial score (nSPS) is 14.2. The first-order valence-corrected chi connectivity index (χ1v) is 17.7. The molecule has 240 valence electrons. The first-order valence-electron chi connectivity index (χ1n) is 16.3. The summed E-state index contributed by atoms with van der Waals surface area (Å²) in [4.78, 5) is 24.3. The molecule has 0 bridgehead atoms. The number of hydrogen-bond donors (Lipinski definition) is 0. The molecule has 40 heavy (non-hydrogen) atoms. The van der Waals surface area contributed by atoms with E-state index < -0.39 is 13.9 Å². The zero-order valence-electron chi connectivity index (χ0n) is 26.8. The Hall–Kier alpha value is -0.500. The molecule has 0 amide bonds. The highest BCUT2D eigenvalue weighted by Gasteiger charge is 2.20. The maximum Gasteiger partial charge on any atom is 0.306 e. The second kappa shape index (κ2) is 26.2. The summed E-state index contributed by atoms with van der Waals surface area (Å²) in [5.41, 5.74) is 0. The molecule has 0 aliphatic heterocycles. The molecule has 0 saturated carbocycles. The Balaban J connectivity index is 4.05. The van der Waals surface area contributed by atoms with Gasteiger partial charge in [-0.3, -0.25) is 9.36 Å². The Morgan fingerprint density at radius 1 is 0.675 bits per heavy atom. The van der Waals surface area contributed by atoms with E-state index in [1.165, 1.54) is 83.5 Å². The maximum atomic E-state index is 12.2. The molecule has 0 spiro atoms. The van der Waals surface area contributed by atoms with Crippen LogP contribution in [-0.4, -0.2) is 70.7 Å². The molecule has 0 saturated heterocycles. The molecule has 0 heterocycles. The van der Waals surface area contributed by atoms with Gasteiger partial charge in [0.05, 0.1) is 34.4 Å². The van der Waals surface area contributed by atoms with Gasteiger partial charge < -0.3 is 27.9 Å². The second-order valence-electron chi connectivity index (χ2n) is 12.2. The number of likely N-dealkylation sites (N-methyl/N-ethyl adjacent to an activating group) is 1. The molecular weight excluding hydrogens is 529 g/mol. The molecule has 0 aliphatic carbocycles. The second-order valence-corrected chi connectivity index (χ2v) is 13.6. The monoisotopic (exact) mass is 593 g/mol. The lowest BCUT2D eigenvalue weighted by atomic mass is 10.0. The van der Waals surface area contributed by atoms with Crippen molar-refractivity contribution in [2.75, 3.05) is 54.1 Å². The van der Waals surface area contributed by atoms with E-state index in [4.69, 9.17) is 18.5 Å². The number of carbonyl (C=O) groups is 1. The van der Waals surface area contributed by atoms with Crippen LogP contribution in [0.15, 0.2) is 0 Å². The quantitative estimate of drug-likeness (QED) is 0.0367. The average molecular weight is 594 g/mol. The van der Waals surface area contributed by atoms with Crippen molar-refractivity contribution >= 4 is 13.8 Å². The summed E-state index contributed by atoms with van der Waals surface area (Å²) in [6.07, 6.45) is 21.8. The largest absolute Gasteiger partial charge is 0.756 e. The van der Waals surface area contributed by atoms with Crippen LogP contribution in [0.25, 0.3) is 0 Å². The van der Waals surface area contributed by atoms with Crippen LogP contribution in [0.4, 0.5) is 0 Å². The predicted molar refractivity (Wildman–Crippen MR) is 162 cm³/mol. The lowest BCUT2D eigenvalue weighted by molar-refractivity contribution is -0.870. The van der Waals surface area contributed by atoms with Gasteiger partial charge in [0.15, 0.2) is 0 Å². The summed E-state index contributed by atoms with van der Waals surface area (Å²) in [5.74, 6) is -0.357. The molecule has 9 heteroatoms.